The molecular formula is C22H27N3O3S. The highest BCUT2D eigenvalue weighted by Gasteiger charge is 2.20. The van der Waals surface area contributed by atoms with Crippen LogP contribution in [0, 0.1) is 0 Å². The van der Waals surface area contributed by atoms with Crippen molar-refractivity contribution in [2.45, 2.75) is 11.8 Å². The Kier molecular flexibility index (Phi) is 7.95. The summed E-state index contributed by atoms with van der Waals surface area (Å²) in [6, 6.07) is 17.4. The summed E-state index contributed by atoms with van der Waals surface area (Å²) >= 11 is 1.52. The van der Waals surface area contributed by atoms with E-state index in [1.165, 1.54) is 18.7 Å². The summed E-state index contributed by atoms with van der Waals surface area (Å²) in [6.07, 6.45) is 0. The van der Waals surface area contributed by atoms with Crippen LogP contribution in [0.25, 0.3) is 0 Å². The van der Waals surface area contributed by atoms with Gasteiger partial charge in [-0.25, -0.2) is 0 Å². The van der Waals surface area contributed by atoms with Crippen LogP contribution in [0.1, 0.15) is 6.92 Å². The zero-order chi connectivity index (χ0) is 20.5. The average molecular weight is 414 g/mol. The molecule has 1 N–H and O–H groups in total. The number of hydrogen-bond donors (Lipinski definition) is 1. The lowest BCUT2D eigenvalue weighted by molar-refractivity contribution is -0.130. The Bertz CT molecular complexity index is 791. The molecule has 1 heterocycles. The summed E-state index contributed by atoms with van der Waals surface area (Å²) in [6.45, 7) is 6.27. The number of para-hydroxylation sites is 1. The van der Waals surface area contributed by atoms with E-state index >= 15 is 0 Å². The van der Waals surface area contributed by atoms with Crippen LogP contribution in [0.3, 0.4) is 0 Å². The Morgan fingerprint density at radius 1 is 1.00 bits per heavy atom. The minimum atomic E-state index is -0.0913. The van der Waals surface area contributed by atoms with E-state index < -0.39 is 0 Å². The van der Waals surface area contributed by atoms with Gasteiger partial charge in [0.15, 0.2) is 0 Å². The third-order valence-electron chi connectivity index (χ3n) is 4.68. The van der Waals surface area contributed by atoms with E-state index in [0.29, 0.717) is 12.4 Å². The SMILES string of the molecule is CC(=O)Nc1ccc(SCC(=O)N2CCN(CCOc3ccccc3)CC2)cc1. The van der Waals surface area contributed by atoms with Crippen molar-refractivity contribution < 1.29 is 14.3 Å². The number of amides is 2. The largest absolute Gasteiger partial charge is 0.492 e. The number of anilines is 1. The Balaban J connectivity index is 1.33. The molecule has 154 valence electrons. The van der Waals surface area contributed by atoms with Gasteiger partial charge in [0.25, 0.3) is 0 Å². The summed E-state index contributed by atoms with van der Waals surface area (Å²) in [5, 5.41) is 2.74. The predicted octanol–water partition coefficient (Wildman–Crippen LogP) is 2.96. The van der Waals surface area contributed by atoms with Crippen LogP contribution in [0.5, 0.6) is 5.75 Å². The van der Waals surface area contributed by atoms with E-state index in [-0.39, 0.29) is 11.8 Å². The highest BCUT2D eigenvalue weighted by Crippen LogP contribution is 2.21. The molecule has 2 aromatic rings. The summed E-state index contributed by atoms with van der Waals surface area (Å²) in [7, 11) is 0. The summed E-state index contributed by atoms with van der Waals surface area (Å²) in [5.74, 6) is 1.40. The minimum Gasteiger partial charge on any atom is -0.492 e. The zero-order valence-corrected chi connectivity index (χ0v) is 17.5. The molecule has 2 aromatic carbocycles. The second kappa shape index (κ2) is 10.9. The van der Waals surface area contributed by atoms with Gasteiger partial charge in [0.1, 0.15) is 12.4 Å². The van der Waals surface area contributed by atoms with Crippen LogP contribution in [-0.2, 0) is 9.59 Å². The third kappa shape index (κ3) is 7.11. The fourth-order valence-electron chi connectivity index (χ4n) is 3.10. The average Bonchev–Trinajstić information content (AvgIpc) is 2.74. The first-order chi connectivity index (χ1) is 14.1. The van der Waals surface area contributed by atoms with E-state index in [4.69, 9.17) is 4.74 Å². The van der Waals surface area contributed by atoms with Crippen LogP contribution < -0.4 is 10.1 Å². The second-order valence-electron chi connectivity index (χ2n) is 6.88. The molecule has 0 spiro atoms. The number of ether oxygens (including phenoxy) is 1. The molecular weight excluding hydrogens is 386 g/mol. The van der Waals surface area contributed by atoms with Crippen molar-refractivity contribution in [3.8, 4) is 5.75 Å². The highest BCUT2D eigenvalue weighted by atomic mass is 32.2. The van der Waals surface area contributed by atoms with Gasteiger partial charge in [-0.3, -0.25) is 14.5 Å². The molecule has 0 bridgehead atoms. The first-order valence-electron chi connectivity index (χ1n) is 9.78. The molecule has 3 rings (SSSR count). The highest BCUT2D eigenvalue weighted by molar-refractivity contribution is 8.00. The smallest absolute Gasteiger partial charge is 0.233 e. The van der Waals surface area contributed by atoms with Crippen LogP contribution in [0.4, 0.5) is 5.69 Å². The minimum absolute atomic E-state index is 0.0913. The Labute approximate surface area is 176 Å². The molecule has 2 amide bonds. The number of carbonyl (C=O) groups excluding carboxylic acids is 2. The second-order valence-corrected chi connectivity index (χ2v) is 7.93. The van der Waals surface area contributed by atoms with E-state index in [0.717, 1.165) is 49.1 Å². The Morgan fingerprint density at radius 2 is 1.69 bits per heavy atom. The molecule has 0 unspecified atom stereocenters. The number of benzene rings is 2. The molecule has 0 aromatic heterocycles. The Hall–Kier alpha value is -2.51. The summed E-state index contributed by atoms with van der Waals surface area (Å²) < 4.78 is 5.75. The number of nitrogens with one attached hydrogen (secondary N) is 1. The fourth-order valence-corrected chi connectivity index (χ4v) is 3.91. The number of piperazine rings is 1. The number of hydrogen-bond acceptors (Lipinski definition) is 5. The number of thioether (sulfide) groups is 1. The molecule has 29 heavy (non-hydrogen) atoms. The lowest BCUT2D eigenvalue weighted by atomic mass is 10.3. The van der Waals surface area contributed by atoms with Gasteiger partial charge in [-0.2, -0.15) is 0 Å². The number of nitrogens with zero attached hydrogens (tertiary/aromatic N) is 2. The van der Waals surface area contributed by atoms with Crippen LogP contribution in [-0.4, -0.2) is 66.7 Å². The van der Waals surface area contributed by atoms with Gasteiger partial charge >= 0.3 is 0 Å². The first kappa shape index (κ1) is 21.2. The molecule has 1 aliphatic rings. The van der Waals surface area contributed by atoms with Crippen LogP contribution in [0.2, 0.25) is 0 Å². The molecule has 1 saturated heterocycles. The maximum absolute atomic E-state index is 12.5. The lowest BCUT2D eigenvalue weighted by Gasteiger charge is -2.34. The summed E-state index contributed by atoms with van der Waals surface area (Å²) in [4.78, 5) is 28.8. The topological polar surface area (TPSA) is 61.9 Å². The fraction of sp³-hybridized carbons (Fsp3) is 0.364. The lowest BCUT2D eigenvalue weighted by Crippen LogP contribution is -2.50. The van der Waals surface area contributed by atoms with E-state index in [1.807, 2.05) is 59.5 Å². The van der Waals surface area contributed by atoms with Crippen molar-refractivity contribution in [1.82, 2.24) is 9.80 Å². The molecule has 7 heteroatoms. The van der Waals surface area contributed by atoms with E-state index in [9.17, 15) is 9.59 Å². The van der Waals surface area contributed by atoms with E-state index in [1.54, 1.807) is 0 Å². The predicted molar refractivity (Wildman–Crippen MR) is 116 cm³/mol. The van der Waals surface area contributed by atoms with Gasteiger partial charge in [0, 0.05) is 50.2 Å². The van der Waals surface area contributed by atoms with Gasteiger partial charge in [0.2, 0.25) is 11.8 Å². The van der Waals surface area contributed by atoms with Gasteiger partial charge < -0.3 is 15.0 Å². The molecule has 0 atom stereocenters. The van der Waals surface area contributed by atoms with Crippen molar-refractivity contribution in [2.24, 2.45) is 0 Å². The monoisotopic (exact) mass is 413 g/mol. The van der Waals surface area contributed by atoms with E-state index in [2.05, 4.69) is 10.2 Å². The summed E-state index contributed by atoms with van der Waals surface area (Å²) in [5.41, 5.74) is 0.764. The number of carbonyl (C=O) groups is 2. The molecule has 0 aliphatic carbocycles. The normalized spacial score (nSPS) is 14.4. The zero-order valence-electron chi connectivity index (χ0n) is 16.7. The van der Waals surface area contributed by atoms with Gasteiger partial charge in [-0.1, -0.05) is 18.2 Å². The molecule has 0 saturated carbocycles. The van der Waals surface area contributed by atoms with Crippen molar-refractivity contribution >= 4 is 29.3 Å². The van der Waals surface area contributed by atoms with Crippen LogP contribution in [0.15, 0.2) is 59.5 Å². The van der Waals surface area contributed by atoms with Gasteiger partial charge in [0.05, 0.1) is 5.75 Å². The quantitative estimate of drug-likeness (QED) is 0.674. The van der Waals surface area contributed by atoms with Gasteiger partial charge in [-0.15, -0.1) is 11.8 Å². The Morgan fingerprint density at radius 3 is 2.34 bits per heavy atom. The molecule has 0 radical (unpaired) electrons. The van der Waals surface area contributed by atoms with Crippen molar-refractivity contribution in [1.29, 1.82) is 0 Å². The maximum atomic E-state index is 12.5. The standard InChI is InChI=1S/C22H27N3O3S/c1-18(26)23-19-7-9-21(10-8-19)29-17-22(27)25-13-11-24(12-14-25)15-16-28-20-5-3-2-4-6-20/h2-10H,11-17H2,1H3,(H,23,26). The van der Waals surface area contributed by atoms with Crippen LogP contribution >= 0.6 is 11.8 Å². The third-order valence-corrected chi connectivity index (χ3v) is 5.68. The molecule has 1 aliphatic heterocycles. The van der Waals surface area contributed by atoms with Crippen molar-refractivity contribution in [3.63, 3.8) is 0 Å². The maximum Gasteiger partial charge on any atom is 0.233 e. The van der Waals surface area contributed by atoms with Crippen molar-refractivity contribution in [2.75, 3.05) is 50.4 Å². The first-order valence-corrected chi connectivity index (χ1v) is 10.8. The number of rotatable bonds is 8. The van der Waals surface area contributed by atoms with Gasteiger partial charge in [-0.05, 0) is 36.4 Å². The van der Waals surface area contributed by atoms with Crippen molar-refractivity contribution in [3.05, 3.63) is 54.6 Å². The molecule has 1 fully saturated rings. The molecule has 6 nitrogen and oxygen atoms in total.